The quantitative estimate of drug-likeness (QED) is 0.875. The van der Waals surface area contributed by atoms with E-state index >= 15 is 0 Å². The van der Waals surface area contributed by atoms with Crippen molar-refractivity contribution < 1.29 is 19.4 Å². The molecule has 132 valence electrons. The number of aliphatic hydroxyl groups excluding tert-OH is 1. The number of hydrogen-bond acceptors (Lipinski definition) is 5. The molecule has 0 bridgehead atoms. The van der Waals surface area contributed by atoms with Crippen LogP contribution < -0.4 is 0 Å². The van der Waals surface area contributed by atoms with Gasteiger partial charge in [-0.15, -0.1) is 0 Å². The monoisotopic (exact) mass is 343 g/mol. The molecule has 1 unspecified atom stereocenters. The van der Waals surface area contributed by atoms with Gasteiger partial charge in [0.15, 0.2) is 0 Å². The fourth-order valence-electron chi connectivity index (χ4n) is 2.92. The SMILES string of the molecule is COCCN1CC(O)CN(C(=O)c2ccc3ccccc3n2)CC1=O. The van der Waals surface area contributed by atoms with Gasteiger partial charge >= 0.3 is 0 Å². The Morgan fingerprint density at radius 1 is 1.28 bits per heavy atom. The number of hydrogen-bond donors (Lipinski definition) is 1. The summed E-state index contributed by atoms with van der Waals surface area (Å²) in [5.74, 6) is -0.561. The minimum Gasteiger partial charge on any atom is -0.389 e. The van der Waals surface area contributed by atoms with Crippen molar-refractivity contribution in [1.82, 2.24) is 14.8 Å². The summed E-state index contributed by atoms with van der Waals surface area (Å²) < 4.78 is 4.99. The number of aromatic nitrogens is 1. The minimum atomic E-state index is -0.798. The van der Waals surface area contributed by atoms with Gasteiger partial charge in [0.1, 0.15) is 12.2 Å². The summed E-state index contributed by atoms with van der Waals surface area (Å²) in [5.41, 5.74) is 0.987. The van der Waals surface area contributed by atoms with Gasteiger partial charge in [-0.2, -0.15) is 0 Å². The van der Waals surface area contributed by atoms with Gasteiger partial charge in [-0.1, -0.05) is 24.3 Å². The number of ether oxygens (including phenoxy) is 1. The number of β-amino-alcohol motifs (C(OH)–C–C–N with tert-alkyl or cyclic N) is 1. The molecule has 2 amide bonds. The van der Waals surface area contributed by atoms with Gasteiger partial charge in [0, 0.05) is 32.1 Å². The summed E-state index contributed by atoms with van der Waals surface area (Å²) >= 11 is 0. The molecule has 1 fully saturated rings. The van der Waals surface area contributed by atoms with Crippen molar-refractivity contribution in [2.75, 3.05) is 39.9 Å². The van der Waals surface area contributed by atoms with E-state index in [0.717, 1.165) is 10.9 Å². The first-order valence-corrected chi connectivity index (χ1v) is 8.18. The highest BCUT2D eigenvalue weighted by molar-refractivity contribution is 5.97. The maximum atomic E-state index is 12.8. The van der Waals surface area contributed by atoms with Crippen LogP contribution in [0.25, 0.3) is 10.9 Å². The molecule has 1 aliphatic heterocycles. The molecule has 1 saturated heterocycles. The van der Waals surface area contributed by atoms with E-state index in [2.05, 4.69) is 4.98 Å². The number of pyridine rings is 1. The molecule has 7 heteroatoms. The molecule has 1 aliphatic rings. The molecule has 2 heterocycles. The molecule has 7 nitrogen and oxygen atoms in total. The first-order chi connectivity index (χ1) is 12.1. The smallest absolute Gasteiger partial charge is 0.273 e. The van der Waals surface area contributed by atoms with Crippen molar-refractivity contribution in [3.63, 3.8) is 0 Å². The highest BCUT2D eigenvalue weighted by Crippen LogP contribution is 2.14. The molecule has 2 aromatic rings. The zero-order valence-electron chi connectivity index (χ0n) is 14.1. The Hall–Kier alpha value is -2.51. The predicted octanol–water partition coefficient (Wildman–Crippen LogP) is 0.526. The zero-order valence-corrected chi connectivity index (χ0v) is 14.1. The molecule has 0 radical (unpaired) electrons. The van der Waals surface area contributed by atoms with E-state index < -0.39 is 6.10 Å². The Bertz CT molecular complexity index is 780. The molecule has 25 heavy (non-hydrogen) atoms. The second-order valence-electron chi connectivity index (χ2n) is 6.06. The summed E-state index contributed by atoms with van der Waals surface area (Å²) in [7, 11) is 1.56. The molecule has 1 aromatic carbocycles. The van der Waals surface area contributed by atoms with E-state index in [1.165, 1.54) is 9.80 Å². The number of amides is 2. The predicted molar refractivity (Wildman–Crippen MR) is 92.1 cm³/mol. The molecule has 1 aromatic heterocycles. The number of benzene rings is 1. The number of para-hydroxylation sites is 1. The zero-order chi connectivity index (χ0) is 17.8. The first-order valence-electron chi connectivity index (χ1n) is 8.18. The van der Waals surface area contributed by atoms with Crippen molar-refractivity contribution in [3.05, 3.63) is 42.1 Å². The van der Waals surface area contributed by atoms with E-state index in [1.807, 2.05) is 30.3 Å². The highest BCUT2D eigenvalue weighted by Gasteiger charge is 2.30. The standard InChI is InChI=1S/C18H21N3O4/c1-25-9-8-20-10-14(22)11-21(12-17(20)23)18(24)16-7-6-13-4-2-3-5-15(13)19-16/h2-7,14,22H,8-12H2,1H3. The summed E-state index contributed by atoms with van der Waals surface area (Å²) in [6.45, 7) is 0.995. The number of carbonyl (C=O) groups is 2. The normalized spacial score (nSPS) is 18.5. The lowest BCUT2D eigenvalue weighted by Gasteiger charge is -2.21. The van der Waals surface area contributed by atoms with Crippen molar-refractivity contribution in [3.8, 4) is 0 Å². The molecule has 3 rings (SSSR count). The van der Waals surface area contributed by atoms with Crippen LogP contribution in [-0.2, 0) is 9.53 Å². The van der Waals surface area contributed by atoms with Crippen LogP contribution in [0.4, 0.5) is 0 Å². The van der Waals surface area contributed by atoms with E-state index in [1.54, 1.807) is 13.2 Å². The van der Waals surface area contributed by atoms with E-state index in [9.17, 15) is 14.7 Å². The summed E-state index contributed by atoms with van der Waals surface area (Å²) in [4.78, 5) is 32.4. The first kappa shape index (κ1) is 17.3. The summed E-state index contributed by atoms with van der Waals surface area (Å²) in [5, 5.41) is 11.1. The third-order valence-corrected chi connectivity index (χ3v) is 4.21. The summed E-state index contributed by atoms with van der Waals surface area (Å²) in [6.07, 6.45) is -0.798. The van der Waals surface area contributed by atoms with Crippen molar-refractivity contribution >= 4 is 22.7 Å². The second-order valence-corrected chi connectivity index (χ2v) is 6.06. The number of nitrogens with zero attached hydrogens (tertiary/aromatic N) is 3. The van der Waals surface area contributed by atoms with Crippen LogP contribution >= 0.6 is 0 Å². The lowest BCUT2D eigenvalue weighted by molar-refractivity contribution is -0.131. The molecule has 0 aliphatic carbocycles. The maximum Gasteiger partial charge on any atom is 0.273 e. The van der Waals surface area contributed by atoms with Crippen LogP contribution in [0.1, 0.15) is 10.5 Å². The number of methoxy groups -OCH3 is 1. The molecule has 1 atom stereocenters. The number of aliphatic hydroxyl groups is 1. The fraction of sp³-hybridized carbons (Fsp3) is 0.389. The average molecular weight is 343 g/mol. The van der Waals surface area contributed by atoms with E-state index in [4.69, 9.17) is 4.74 Å². The van der Waals surface area contributed by atoms with Gasteiger partial charge in [-0.05, 0) is 12.1 Å². The van der Waals surface area contributed by atoms with Crippen LogP contribution in [0.3, 0.4) is 0 Å². The van der Waals surface area contributed by atoms with Crippen molar-refractivity contribution in [2.24, 2.45) is 0 Å². The van der Waals surface area contributed by atoms with Gasteiger partial charge in [-0.25, -0.2) is 4.98 Å². The topological polar surface area (TPSA) is 83.0 Å². The Kier molecular flexibility index (Phi) is 5.25. The van der Waals surface area contributed by atoms with Crippen LogP contribution in [0, 0.1) is 0 Å². The number of rotatable bonds is 4. The third-order valence-electron chi connectivity index (χ3n) is 4.21. The lowest BCUT2D eigenvalue weighted by Crippen LogP contribution is -2.40. The molecule has 0 spiro atoms. The fourth-order valence-corrected chi connectivity index (χ4v) is 2.92. The van der Waals surface area contributed by atoms with Crippen LogP contribution in [0.5, 0.6) is 0 Å². The lowest BCUT2D eigenvalue weighted by atomic mass is 10.2. The van der Waals surface area contributed by atoms with Crippen LogP contribution in [-0.4, -0.2) is 77.7 Å². The van der Waals surface area contributed by atoms with Crippen molar-refractivity contribution in [1.29, 1.82) is 0 Å². The van der Waals surface area contributed by atoms with Gasteiger partial charge in [0.2, 0.25) is 5.91 Å². The maximum absolute atomic E-state index is 12.8. The number of carbonyl (C=O) groups excluding carboxylic acids is 2. The van der Waals surface area contributed by atoms with Gasteiger partial charge in [0.05, 0.1) is 18.2 Å². The minimum absolute atomic E-state index is 0.0753. The van der Waals surface area contributed by atoms with Crippen LogP contribution in [0.15, 0.2) is 36.4 Å². The van der Waals surface area contributed by atoms with Crippen LogP contribution in [0.2, 0.25) is 0 Å². The number of fused-ring (bicyclic) bond motifs is 1. The average Bonchev–Trinajstić information content (AvgIpc) is 2.77. The highest BCUT2D eigenvalue weighted by atomic mass is 16.5. The second kappa shape index (κ2) is 7.58. The van der Waals surface area contributed by atoms with Gasteiger partial charge in [-0.3, -0.25) is 9.59 Å². The Morgan fingerprint density at radius 2 is 2.08 bits per heavy atom. The Balaban J connectivity index is 1.79. The largest absolute Gasteiger partial charge is 0.389 e. The summed E-state index contributed by atoms with van der Waals surface area (Å²) in [6, 6.07) is 11.0. The third kappa shape index (κ3) is 3.94. The molecule has 1 N–H and O–H groups in total. The van der Waals surface area contributed by atoms with Crippen molar-refractivity contribution in [2.45, 2.75) is 6.10 Å². The van der Waals surface area contributed by atoms with Gasteiger partial charge in [0.25, 0.3) is 5.91 Å². The molecular weight excluding hydrogens is 322 g/mol. The van der Waals surface area contributed by atoms with Gasteiger partial charge < -0.3 is 19.6 Å². The Labute approximate surface area is 145 Å². The molecule has 0 saturated carbocycles. The van der Waals surface area contributed by atoms with E-state index in [-0.39, 0.29) is 37.1 Å². The van der Waals surface area contributed by atoms with E-state index in [0.29, 0.717) is 13.2 Å². The molecular formula is C18H21N3O4. The Morgan fingerprint density at radius 3 is 2.88 bits per heavy atom.